The fourth-order valence-electron chi connectivity index (χ4n) is 6.77. The van der Waals surface area contributed by atoms with Crippen molar-refractivity contribution in [3.8, 4) is 0 Å². The third-order valence-electron chi connectivity index (χ3n) is 9.09. The van der Waals surface area contributed by atoms with Crippen LogP contribution in [0.2, 0.25) is 0 Å². The van der Waals surface area contributed by atoms with E-state index in [4.69, 9.17) is 20.9 Å². The molecule has 17 heteroatoms. The number of primary amides is 1. The van der Waals surface area contributed by atoms with Gasteiger partial charge in [0.15, 0.2) is 12.3 Å². The van der Waals surface area contributed by atoms with Crippen molar-refractivity contribution in [1.29, 1.82) is 0 Å². The van der Waals surface area contributed by atoms with Crippen LogP contribution in [0.1, 0.15) is 71.4 Å². The first-order valence-electron chi connectivity index (χ1n) is 16.8. The summed E-state index contributed by atoms with van der Waals surface area (Å²) < 4.78 is 93.8. The molecule has 53 heavy (non-hydrogen) atoms. The van der Waals surface area contributed by atoms with Crippen LogP contribution < -0.4 is 21.7 Å². The Kier molecular flexibility index (Phi) is 13.4. The van der Waals surface area contributed by atoms with Crippen LogP contribution in [0, 0.1) is 17.3 Å². The number of anilines is 1. The molecule has 0 aliphatic carbocycles. The van der Waals surface area contributed by atoms with Gasteiger partial charge >= 0.3 is 24.4 Å². The number of carbonyl (C=O) groups is 4. The van der Waals surface area contributed by atoms with Crippen LogP contribution in [0.5, 0.6) is 0 Å². The lowest BCUT2D eigenvalue weighted by Gasteiger charge is -2.53. The van der Waals surface area contributed by atoms with Crippen LogP contribution in [0.15, 0.2) is 59.6 Å². The van der Waals surface area contributed by atoms with Crippen LogP contribution in [0.3, 0.4) is 0 Å². The number of amides is 3. The molecule has 0 spiro atoms. The highest BCUT2D eigenvalue weighted by Gasteiger charge is 2.67. The minimum atomic E-state index is -5.01. The van der Waals surface area contributed by atoms with E-state index in [1.54, 1.807) is 48.5 Å². The monoisotopic (exact) mass is 757 g/mol. The molecule has 292 valence electrons. The number of halogens is 6. The van der Waals surface area contributed by atoms with Crippen molar-refractivity contribution in [3.05, 3.63) is 65.7 Å². The van der Waals surface area contributed by atoms with Gasteiger partial charge in [-0.05, 0) is 58.1 Å². The molecule has 0 radical (unpaired) electrons. The average molecular weight is 758 g/mol. The highest BCUT2D eigenvalue weighted by molar-refractivity contribution is 6.19. The predicted molar refractivity (Wildman–Crippen MR) is 184 cm³/mol. The fourth-order valence-corrected chi connectivity index (χ4v) is 6.77. The topological polar surface area (TPSA) is 166 Å². The smallest absolute Gasteiger partial charge is 0.408 e. The van der Waals surface area contributed by atoms with Crippen LogP contribution in [0.25, 0.3) is 0 Å². The number of nitrogens with one attached hydrogen (secondary N) is 1. The Morgan fingerprint density at radius 3 is 2.02 bits per heavy atom. The van der Waals surface area contributed by atoms with Crippen LogP contribution >= 0.6 is 0 Å². The first-order chi connectivity index (χ1) is 24.5. The molecule has 0 saturated heterocycles. The van der Waals surface area contributed by atoms with Gasteiger partial charge < -0.3 is 26.3 Å². The van der Waals surface area contributed by atoms with Crippen LogP contribution in [0.4, 0.5) is 36.8 Å². The van der Waals surface area contributed by atoms with Gasteiger partial charge in [0, 0.05) is 24.0 Å². The van der Waals surface area contributed by atoms with Crippen molar-refractivity contribution in [3.63, 3.8) is 0 Å². The number of nitrogens with two attached hydrogens (primary N) is 2. The molecule has 3 amide bonds. The first kappa shape index (κ1) is 42.7. The maximum Gasteiger partial charge on any atom is 0.408 e. The second-order valence-electron chi connectivity index (χ2n) is 14.1. The number of aliphatic imine (C=N–C) groups is 1. The van der Waals surface area contributed by atoms with Crippen molar-refractivity contribution in [2.24, 2.45) is 33.7 Å². The largest absolute Gasteiger partial charge is 0.444 e. The number of hydrogen-bond donors (Lipinski definition) is 3. The van der Waals surface area contributed by atoms with Gasteiger partial charge in [0.1, 0.15) is 12.1 Å². The molecule has 1 aliphatic rings. The summed E-state index contributed by atoms with van der Waals surface area (Å²) in [6.45, 7) is 4.60. The van der Waals surface area contributed by atoms with Crippen LogP contribution in [-0.2, 0) is 23.9 Å². The van der Waals surface area contributed by atoms with Gasteiger partial charge in [0.2, 0.25) is 5.91 Å². The Morgan fingerprint density at radius 1 is 0.906 bits per heavy atom. The summed E-state index contributed by atoms with van der Waals surface area (Å²) in [6.07, 6.45) is -17.1. The molecular weight excluding hydrogens is 712 g/mol. The number of hydrogen-bond acceptors (Lipinski definition) is 8. The Balaban J connectivity index is 2.25. The highest BCUT2D eigenvalue weighted by atomic mass is 19.4. The standard InChI is InChI=1S/C36H45F6N5O6/c1-22(2)36(46-31(51)53-32(3,4)5,33(29(44)49,17-18-35(40,41)42)24(19-43)15-16-34(37,38)39)30(50)52-21-47-26-14-10-9-13-25(26)28(45-20-27(47)48)23-11-7-6-8-12-23/h6-14,22,24H,15-21,43H2,1-5H3,(H2,44,49)(H,46,51)/t24-,33+,36+/m0/s1. The number of benzene rings is 2. The summed E-state index contributed by atoms with van der Waals surface area (Å²) >= 11 is 0. The van der Waals surface area contributed by atoms with Gasteiger partial charge in [-0.15, -0.1) is 0 Å². The molecule has 0 fully saturated rings. The maximum absolute atomic E-state index is 14.7. The van der Waals surface area contributed by atoms with Crippen molar-refractivity contribution in [2.75, 3.05) is 24.7 Å². The molecule has 11 nitrogen and oxygen atoms in total. The van der Waals surface area contributed by atoms with E-state index in [9.17, 15) is 45.5 Å². The number of fused-ring (bicyclic) bond motifs is 1. The molecule has 3 atom stereocenters. The van der Waals surface area contributed by atoms with Crippen molar-refractivity contribution in [2.45, 2.75) is 83.8 Å². The number of esters is 1. The zero-order chi connectivity index (χ0) is 40.0. The zero-order valence-corrected chi connectivity index (χ0v) is 30.1. The minimum Gasteiger partial charge on any atom is -0.444 e. The third kappa shape index (κ3) is 10.1. The van der Waals surface area contributed by atoms with Crippen molar-refractivity contribution < 1.29 is 55.0 Å². The van der Waals surface area contributed by atoms with E-state index in [0.29, 0.717) is 16.8 Å². The number of rotatable bonds is 14. The van der Waals surface area contributed by atoms with Gasteiger partial charge in [-0.1, -0.05) is 62.4 Å². The van der Waals surface area contributed by atoms with E-state index in [0.717, 1.165) is 4.90 Å². The predicted octanol–water partition coefficient (Wildman–Crippen LogP) is 6.02. The number of carbonyl (C=O) groups excluding carboxylic acids is 4. The zero-order valence-electron chi connectivity index (χ0n) is 30.1. The van der Waals surface area contributed by atoms with Crippen molar-refractivity contribution in [1.82, 2.24) is 5.32 Å². The molecule has 2 aromatic carbocycles. The van der Waals surface area contributed by atoms with E-state index >= 15 is 0 Å². The number of ether oxygens (including phenoxy) is 2. The molecule has 1 aliphatic heterocycles. The number of para-hydroxylation sites is 1. The minimum absolute atomic E-state index is 0.226. The Morgan fingerprint density at radius 2 is 1.49 bits per heavy atom. The summed E-state index contributed by atoms with van der Waals surface area (Å²) in [5.41, 5.74) is 6.42. The SMILES string of the molecule is CC(C)[C@@](NC(=O)OC(C)(C)C)(C(=O)OCN1C(=O)CN=C(c2ccccc2)c2ccccc21)[C@@](CCC(F)(F)F)(C(N)=O)[C@H](CN)CCC(F)(F)F. The second kappa shape index (κ2) is 16.6. The Labute approximate surface area is 303 Å². The molecule has 0 saturated carbocycles. The van der Waals surface area contributed by atoms with E-state index in [-0.39, 0.29) is 5.69 Å². The normalized spacial score (nSPS) is 16.7. The maximum atomic E-state index is 14.7. The van der Waals surface area contributed by atoms with Gasteiger partial charge in [-0.2, -0.15) is 26.3 Å². The summed E-state index contributed by atoms with van der Waals surface area (Å²) in [7, 11) is 0. The first-order valence-corrected chi connectivity index (χ1v) is 16.8. The van der Waals surface area contributed by atoms with Gasteiger partial charge in [0.25, 0.3) is 5.91 Å². The molecular formula is C36H45F6N5O6. The highest BCUT2D eigenvalue weighted by Crippen LogP contribution is 2.51. The average Bonchev–Trinajstić information content (AvgIpc) is 3.18. The number of benzodiazepines with no additional fused rings is 1. The van der Waals surface area contributed by atoms with Crippen molar-refractivity contribution >= 4 is 35.3 Å². The molecule has 0 unspecified atom stereocenters. The quantitative estimate of drug-likeness (QED) is 0.157. The summed E-state index contributed by atoms with van der Waals surface area (Å²) in [5.74, 6) is -7.14. The molecule has 0 aromatic heterocycles. The third-order valence-corrected chi connectivity index (χ3v) is 9.09. The molecule has 5 N–H and O–H groups in total. The van der Waals surface area contributed by atoms with E-state index < -0.39 is 110 Å². The summed E-state index contributed by atoms with van der Waals surface area (Å²) in [4.78, 5) is 61.1. The lowest BCUT2D eigenvalue weighted by Crippen LogP contribution is -2.75. The Hall–Kier alpha value is -4.67. The molecule has 3 rings (SSSR count). The lowest BCUT2D eigenvalue weighted by atomic mass is 9.54. The lowest BCUT2D eigenvalue weighted by molar-refractivity contribution is -0.182. The van der Waals surface area contributed by atoms with E-state index in [2.05, 4.69) is 10.3 Å². The fraction of sp³-hybridized carbons (Fsp3) is 0.528. The van der Waals surface area contributed by atoms with E-state index in [1.165, 1.54) is 40.7 Å². The molecule has 1 heterocycles. The van der Waals surface area contributed by atoms with E-state index in [1.807, 2.05) is 0 Å². The molecule has 2 aromatic rings. The van der Waals surface area contributed by atoms with Crippen LogP contribution in [-0.4, -0.2) is 72.9 Å². The van der Waals surface area contributed by atoms with Gasteiger partial charge in [-0.25, -0.2) is 9.59 Å². The van der Waals surface area contributed by atoms with Gasteiger partial charge in [-0.3, -0.25) is 19.5 Å². The molecule has 0 bridgehead atoms. The second-order valence-corrected chi connectivity index (χ2v) is 14.1. The van der Waals surface area contributed by atoms with Gasteiger partial charge in [0.05, 0.1) is 16.8 Å². The number of nitrogens with zero attached hydrogens (tertiary/aromatic N) is 2. The number of alkyl carbamates (subject to hydrolysis) is 1. The summed E-state index contributed by atoms with van der Waals surface area (Å²) in [6, 6.07) is 15.3. The Bertz CT molecular complexity index is 1660. The summed E-state index contributed by atoms with van der Waals surface area (Å²) in [5, 5.41) is 2.25. The number of alkyl halides is 6.